The summed E-state index contributed by atoms with van der Waals surface area (Å²) in [5.41, 5.74) is 0. The van der Waals surface area contributed by atoms with Crippen molar-refractivity contribution in [1.82, 2.24) is 0 Å². The summed E-state index contributed by atoms with van der Waals surface area (Å²) < 4.78 is 9.49. The van der Waals surface area contributed by atoms with E-state index in [2.05, 4.69) is 4.74 Å². The minimum atomic E-state index is -0.575. The van der Waals surface area contributed by atoms with Crippen LogP contribution < -0.4 is 0 Å². The largest absolute Gasteiger partial charge is 0.508 e. The molecule has 0 saturated carbocycles. The number of rotatable bonds is 3. The lowest BCUT2D eigenvalue weighted by Crippen LogP contribution is -2.20. The number of carbonyl (C=O) groups is 1. The Morgan fingerprint density at radius 2 is 1.91 bits per heavy atom. The van der Waals surface area contributed by atoms with Crippen molar-refractivity contribution in [1.29, 1.82) is 0 Å². The molecule has 0 fully saturated rings. The molecule has 0 heterocycles. The van der Waals surface area contributed by atoms with Crippen LogP contribution in [0.3, 0.4) is 0 Å². The summed E-state index contributed by atoms with van der Waals surface area (Å²) in [5, 5.41) is 0. The van der Waals surface area contributed by atoms with E-state index in [-0.39, 0.29) is 6.10 Å². The first-order valence-electron chi connectivity index (χ1n) is 3.91. The first-order chi connectivity index (χ1) is 5.07. The van der Waals surface area contributed by atoms with Crippen LogP contribution >= 0.6 is 0 Å². The van der Waals surface area contributed by atoms with Gasteiger partial charge in [0.25, 0.3) is 0 Å². The molecule has 3 heteroatoms. The van der Waals surface area contributed by atoms with Crippen molar-refractivity contribution in [3.05, 3.63) is 0 Å². The summed E-state index contributed by atoms with van der Waals surface area (Å²) in [6, 6.07) is 0. The Labute approximate surface area is 67.7 Å². The average molecular weight is 160 g/mol. The van der Waals surface area contributed by atoms with E-state index < -0.39 is 6.16 Å². The standard InChI is InChI=1S/C8H16O3/c1-5-10-8(9)11-7(4)6(2)3/h6-7H,5H2,1-4H3/t7-/m1/s1. The molecule has 0 unspecified atom stereocenters. The van der Waals surface area contributed by atoms with Gasteiger partial charge in [-0.25, -0.2) is 4.79 Å². The van der Waals surface area contributed by atoms with Gasteiger partial charge in [-0.3, -0.25) is 0 Å². The molecule has 0 aliphatic carbocycles. The predicted octanol–water partition coefficient (Wildman–Crippen LogP) is 2.20. The molecule has 0 saturated heterocycles. The number of carbonyl (C=O) groups excluding carboxylic acids is 1. The van der Waals surface area contributed by atoms with Crippen molar-refractivity contribution < 1.29 is 14.3 Å². The Morgan fingerprint density at radius 3 is 2.27 bits per heavy atom. The highest BCUT2D eigenvalue weighted by Gasteiger charge is 2.12. The second-order valence-corrected chi connectivity index (χ2v) is 2.75. The van der Waals surface area contributed by atoms with Gasteiger partial charge in [0.05, 0.1) is 6.61 Å². The third kappa shape index (κ3) is 4.65. The molecule has 0 rings (SSSR count). The maximum atomic E-state index is 10.7. The molecule has 0 aromatic rings. The maximum absolute atomic E-state index is 10.7. The topological polar surface area (TPSA) is 35.5 Å². The zero-order chi connectivity index (χ0) is 8.85. The van der Waals surface area contributed by atoms with Gasteiger partial charge in [-0.1, -0.05) is 13.8 Å². The van der Waals surface area contributed by atoms with Gasteiger partial charge >= 0.3 is 6.16 Å². The molecule has 0 amide bonds. The lowest BCUT2D eigenvalue weighted by Gasteiger charge is -2.15. The average Bonchev–Trinajstić information content (AvgIpc) is 1.87. The van der Waals surface area contributed by atoms with Crippen LogP contribution in [0.1, 0.15) is 27.7 Å². The molecule has 0 aliphatic rings. The van der Waals surface area contributed by atoms with Crippen LogP contribution in [0.25, 0.3) is 0 Å². The van der Waals surface area contributed by atoms with Gasteiger partial charge in [0.2, 0.25) is 0 Å². The lowest BCUT2D eigenvalue weighted by atomic mass is 10.1. The first kappa shape index (κ1) is 10.3. The number of ether oxygens (including phenoxy) is 2. The van der Waals surface area contributed by atoms with Crippen LogP contribution in [0.4, 0.5) is 4.79 Å². The van der Waals surface area contributed by atoms with E-state index in [4.69, 9.17) is 4.74 Å². The normalized spacial score (nSPS) is 12.8. The van der Waals surface area contributed by atoms with Gasteiger partial charge < -0.3 is 9.47 Å². The van der Waals surface area contributed by atoms with Gasteiger partial charge in [-0.05, 0) is 19.8 Å². The van der Waals surface area contributed by atoms with E-state index in [0.29, 0.717) is 12.5 Å². The van der Waals surface area contributed by atoms with E-state index >= 15 is 0 Å². The summed E-state index contributed by atoms with van der Waals surface area (Å²) in [7, 11) is 0. The maximum Gasteiger partial charge on any atom is 0.508 e. The molecule has 0 spiro atoms. The Kier molecular flexibility index (Phi) is 4.66. The monoisotopic (exact) mass is 160 g/mol. The molecule has 66 valence electrons. The van der Waals surface area contributed by atoms with Gasteiger partial charge in [0, 0.05) is 0 Å². The summed E-state index contributed by atoms with van der Waals surface area (Å²) >= 11 is 0. The third-order valence-corrected chi connectivity index (χ3v) is 1.48. The van der Waals surface area contributed by atoms with Gasteiger partial charge in [0.1, 0.15) is 6.10 Å². The van der Waals surface area contributed by atoms with Crippen molar-refractivity contribution in [3.8, 4) is 0 Å². The Hall–Kier alpha value is -0.730. The molecule has 1 atom stereocenters. The van der Waals surface area contributed by atoms with Gasteiger partial charge in [-0.2, -0.15) is 0 Å². The highest BCUT2D eigenvalue weighted by Crippen LogP contribution is 2.05. The third-order valence-electron chi connectivity index (χ3n) is 1.48. The minimum Gasteiger partial charge on any atom is -0.435 e. The van der Waals surface area contributed by atoms with Crippen LogP contribution in [0.15, 0.2) is 0 Å². The molecule has 0 radical (unpaired) electrons. The van der Waals surface area contributed by atoms with Crippen molar-refractivity contribution in [3.63, 3.8) is 0 Å². The fraction of sp³-hybridized carbons (Fsp3) is 0.875. The second kappa shape index (κ2) is 4.99. The quantitative estimate of drug-likeness (QED) is 0.594. The highest BCUT2D eigenvalue weighted by molar-refractivity contribution is 5.59. The molecule has 0 aliphatic heterocycles. The van der Waals surface area contributed by atoms with Crippen LogP contribution in [0.2, 0.25) is 0 Å². The molecule has 11 heavy (non-hydrogen) atoms. The Morgan fingerprint density at radius 1 is 1.36 bits per heavy atom. The minimum absolute atomic E-state index is 0.0750. The number of hydrogen-bond donors (Lipinski definition) is 0. The number of hydrogen-bond acceptors (Lipinski definition) is 3. The van der Waals surface area contributed by atoms with Crippen LogP contribution in [0.5, 0.6) is 0 Å². The fourth-order valence-corrected chi connectivity index (χ4v) is 0.440. The molecular formula is C8H16O3. The van der Waals surface area contributed by atoms with E-state index in [0.717, 1.165) is 0 Å². The summed E-state index contributed by atoms with van der Waals surface area (Å²) in [5.74, 6) is 0.333. The van der Waals surface area contributed by atoms with Crippen LogP contribution in [0, 0.1) is 5.92 Å². The molecular weight excluding hydrogens is 144 g/mol. The van der Waals surface area contributed by atoms with Crippen LogP contribution in [-0.2, 0) is 9.47 Å². The molecule has 3 nitrogen and oxygen atoms in total. The fourth-order valence-electron chi connectivity index (χ4n) is 0.440. The Balaban J connectivity index is 3.57. The van der Waals surface area contributed by atoms with Gasteiger partial charge in [-0.15, -0.1) is 0 Å². The summed E-state index contributed by atoms with van der Waals surface area (Å²) in [6.45, 7) is 7.94. The SMILES string of the molecule is CCOC(=O)O[C@H](C)C(C)C. The van der Waals surface area contributed by atoms with E-state index in [1.54, 1.807) is 6.92 Å². The second-order valence-electron chi connectivity index (χ2n) is 2.75. The van der Waals surface area contributed by atoms with Crippen molar-refractivity contribution in [2.45, 2.75) is 33.8 Å². The van der Waals surface area contributed by atoms with E-state index in [9.17, 15) is 4.79 Å². The van der Waals surface area contributed by atoms with Crippen molar-refractivity contribution in [2.75, 3.05) is 6.61 Å². The summed E-state index contributed by atoms with van der Waals surface area (Å²) in [4.78, 5) is 10.7. The zero-order valence-electron chi connectivity index (χ0n) is 7.59. The highest BCUT2D eigenvalue weighted by atomic mass is 16.7. The first-order valence-corrected chi connectivity index (χ1v) is 3.91. The van der Waals surface area contributed by atoms with E-state index in [1.165, 1.54) is 0 Å². The molecule has 0 bridgehead atoms. The van der Waals surface area contributed by atoms with Crippen molar-refractivity contribution in [2.24, 2.45) is 5.92 Å². The summed E-state index contributed by atoms with van der Waals surface area (Å²) in [6.07, 6.45) is -0.650. The molecule has 0 aromatic carbocycles. The lowest BCUT2D eigenvalue weighted by molar-refractivity contribution is 0.0174. The van der Waals surface area contributed by atoms with Crippen molar-refractivity contribution >= 4 is 6.16 Å². The van der Waals surface area contributed by atoms with Crippen LogP contribution in [-0.4, -0.2) is 18.9 Å². The van der Waals surface area contributed by atoms with E-state index in [1.807, 2.05) is 20.8 Å². The predicted molar refractivity (Wildman–Crippen MR) is 42.4 cm³/mol. The Bertz CT molecular complexity index is 121. The zero-order valence-corrected chi connectivity index (χ0v) is 7.59. The molecule has 0 aromatic heterocycles. The smallest absolute Gasteiger partial charge is 0.435 e. The molecule has 0 N–H and O–H groups in total. The van der Waals surface area contributed by atoms with Gasteiger partial charge in [0.15, 0.2) is 0 Å².